The minimum absolute atomic E-state index is 0.0483. The van der Waals surface area contributed by atoms with Crippen LogP contribution < -0.4 is 15.5 Å². The Balaban J connectivity index is 1.40. The van der Waals surface area contributed by atoms with Crippen molar-refractivity contribution in [1.29, 1.82) is 0 Å². The summed E-state index contributed by atoms with van der Waals surface area (Å²) in [4.78, 5) is 27.1. The van der Waals surface area contributed by atoms with Crippen LogP contribution in [0.25, 0.3) is 0 Å². The smallest absolute Gasteiger partial charge is 0.376 e. The second kappa shape index (κ2) is 9.36. The van der Waals surface area contributed by atoms with E-state index in [-0.39, 0.29) is 23.7 Å². The van der Waals surface area contributed by atoms with Crippen LogP contribution in [-0.4, -0.2) is 24.9 Å². The molecule has 2 N–H and O–H groups in total. The van der Waals surface area contributed by atoms with Crippen molar-refractivity contribution in [2.24, 2.45) is 0 Å². The lowest BCUT2D eigenvalue weighted by molar-refractivity contribution is -0.137. The molecule has 1 aliphatic rings. The summed E-state index contributed by atoms with van der Waals surface area (Å²) in [6.07, 6.45) is -2.66. The molecule has 0 fully saturated rings. The number of anilines is 3. The summed E-state index contributed by atoms with van der Waals surface area (Å²) in [6, 6.07) is 18.8. The highest BCUT2D eigenvalue weighted by Crippen LogP contribution is 2.31. The number of nitrogens with one attached hydrogen (secondary N) is 2. The monoisotopic (exact) mass is 453 g/mol. The maximum Gasteiger partial charge on any atom is 0.416 e. The molecule has 170 valence electrons. The third kappa shape index (κ3) is 5.34. The Labute approximate surface area is 189 Å². The van der Waals surface area contributed by atoms with E-state index in [0.29, 0.717) is 12.2 Å². The molecule has 3 aromatic carbocycles. The van der Waals surface area contributed by atoms with Crippen molar-refractivity contribution >= 4 is 28.9 Å². The molecule has 1 aliphatic heterocycles. The molecule has 2 amide bonds. The summed E-state index contributed by atoms with van der Waals surface area (Å²) >= 11 is 0. The van der Waals surface area contributed by atoms with Gasteiger partial charge in [0.1, 0.15) is 0 Å². The fraction of sp³-hybridized carbons (Fsp3) is 0.200. The van der Waals surface area contributed by atoms with Gasteiger partial charge in [-0.1, -0.05) is 30.3 Å². The molecule has 1 heterocycles. The molecule has 0 aliphatic carbocycles. The highest BCUT2D eigenvalue weighted by Gasteiger charge is 2.30. The first-order valence-electron chi connectivity index (χ1n) is 10.5. The van der Waals surface area contributed by atoms with E-state index >= 15 is 0 Å². The number of carbonyl (C=O) groups is 2. The molecule has 0 unspecified atom stereocenters. The van der Waals surface area contributed by atoms with Crippen LogP contribution in [0.4, 0.5) is 30.2 Å². The first kappa shape index (κ1) is 22.4. The van der Waals surface area contributed by atoms with Gasteiger partial charge in [-0.25, -0.2) is 0 Å². The van der Waals surface area contributed by atoms with Crippen molar-refractivity contribution in [2.75, 3.05) is 28.6 Å². The van der Waals surface area contributed by atoms with Crippen LogP contribution in [0.3, 0.4) is 0 Å². The molecule has 8 heteroatoms. The zero-order chi connectivity index (χ0) is 23.4. The van der Waals surface area contributed by atoms with Crippen LogP contribution in [0.5, 0.6) is 0 Å². The predicted octanol–water partition coefficient (Wildman–Crippen LogP) is 5.35. The third-order valence-electron chi connectivity index (χ3n) is 5.43. The van der Waals surface area contributed by atoms with Crippen molar-refractivity contribution < 1.29 is 22.8 Å². The number of halogens is 3. The molecule has 0 spiro atoms. The lowest BCUT2D eigenvalue weighted by Gasteiger charge is -2.29. The summed E-state index contributed by atoms with van der Waals surface area (Å²) < 4.78 is 38.7. The summed E-state index contributed by atoms with van der Waals surface area (Å²) in [6.45, 7) is 0.698. The number of hydrogen-bond acceptors (Lipinski definition) is 3. The molecule has 0 radical (unpaired) electrons. The Morgan fingerprint density at radius 1 is 0.909 bits per heavy atom. The second-order valence-electron chi connectivity index (χ2n) is 7.74. The Kier molecular flexibility index (Phi) is 6.35. The molecule has 0 atom stereocenters. The van der Waals surface area contributed by atoms with Gasteiger partial charge < -0.3 is 15.5 Å². The van der Waals surface area contributed by atoms with E-state index in [1.54, 1.807) is 29.2 Å². The van der Waals surface area contributed by atoms with Crippen LogP contribution in [0.1, 0.15) is 27.9 Å². The first-order chi connectivity index (χ1) is 15.8. The van der Waals surface area contributed by atoms with Crippen LogP contribution in [0.15, 0.2) is 72.8 Å². The SMILES string of the molecule is O=C(Nc1cccc(C(F)(F)F)c1)c1cccc(NCC(=O)N2CCCc3ccccc32)c1. The minimum Gasteiger partial charge on any atom is -0.376 e. The number of hydrogen-bond donors (Lipinski definition) is 2. The number of fused-ring (bicyclic) bond motifs is 1. The van der Waals surface area contributed by atoms with E-state index in [2.05, 4.69) is 10.6 Å². The largest absolute Gasteiger partial charge is 0.416 e. The van der Waals surface area contributed by atoms with E-state index in [4.69, 9.17) is 0 Å². The lowest BCUT2D eigenvalue weighted by atomic mass is 10.0. The summed E-state index contributed by atoms with van der Waals surface area (Å²) in [5.74, 6) is -0.629. The first-order valence-corrected chi connectivity index (χ1v) is 10.5. The number of amides is 2. The third-order valence-corrected chi connectivity index (χ3v) is 5.43. The molecule has 4 rings (SSSR count). The van der Waals surface area contributed by atoms with Crippen molar-refractivity contribution in [1.82, 2.24) is 0 Å². The van der Waals surface area contributed by atoms with Crippen LogP contribution in [0, 0.1) is 0 Å². The summed E-state index contributed by atoms with van der Waals surface area (Å²) in [7, 11) is 0. The van der Waals surface area contributed by atoms with Crippen molar-refractivity contribution in [2.45, 2.75) is 19.0 Å². The van der Waals surface area contributed by atoms with Gasteiger partial charge >= 0.3 is 6.18 Å². The van der Waals surface area contributed by atoms with Gasteiger partial charge in [0, 0.05) is 29.2 Å². The van der Waals surface area contributed by atoms with Crippen LogP contribution in [0.2, 0.25) is 0 Å². The van der Waals surface area contributed by atoms with E-state index in [1.165, 1.54) is 12.1 Å². The van der Waals surface area contributed by atoms with Crippen LogP contribution in [-0.2, 0) is 17.4 Å². The average Bonchev–Trinajstić information content (AvgIpc) is 2.82. The topological polar surface area (TPSA) is 61.4 Å². The Hall–Kier alpha value is -3.81. The predicted molar refractivity (Wildman–Crippen MR) is 121 cm³/mol. The van der Waals surface area contributed by atoms with Gasteiger partial charge in [0.25, 0.3) is 5.91 Å². The number of aryl methyl sites for hydroxylation is 1. The van der Waals surface area contributed by atoms with Gasteiger partial charge in [-0.2, -0.15) is 13.2 Å². The van der Waals surface area contributed by atoms with E-state index in [1.807, 2.05) is 24.3 Å². The van der Waals surface area contributed by atoms with Gasteiger partial charge in [-0.15, -0.1) is 0 Å². The van der Waals surface area contributed by atoms with Crippen molar-refractivity contribution in [3.05, 3.63) is 89.5 Å². The highest BCUT2D eigenvalue weighted by molar-refractivity contribution is 6.05. The molecule has 0 aromatic heterocycles. The Morgan fingerprint density at radius 2 is 1.67 bits per heavy atom. The fourth-order valence-electron chi connectivity index (χ4n) is 3.81. The van der Waals surface area contributed by atoms with E-state index in [9.17, 15) is 22.8 Å². The molecule has 33 heavy (non-hydrogen) atoms. The van der Waals surface area contributed by atoms with Crippen molar-refractivity contribution in [3.8, 4) is 0 Å². The molecule has 0 bridgehead atoms. The maximum atomic E-state index is 12.9. The van der Waals surface area contributed by atoms with Gasteiger partial charge in [-0.3, -0.25) is 9.59 Å². The zero-order valence-corrected chi connectivity index (χ0v) is 17.7. The molecule has 3 aromatic rings. The Morgan fingerprint density at radius 3 is 2.48 bits per heavy atom. The highest BCUT2D eigenvalue weighted by atomic mass is 19.4. The zero-order valence-electron chi connectivity index (χ0n) is 17.7. The number of para-hydroxylation sites is 1. The average molecular weight is 453 g/mol. The van der Waals surface area contributed by atoms with Gasteiger partial charge in [0.2, 0.25) is 5.91 Å². The fourth-order valence-corrected chi connectivity index (χ4v) is 3.81. The molecule has 0 saturated heterocycles. The minimum atomic E-state index is -4.49. The number of rotatable bonds is 5. The molecule has 5 nitrogen and oxygen atoms in total. The summed E-state index contributed by atoms with van der Waals surface area (Å²) in [5.41, 5.74) is 2.09. The standard InChI is InChI=1S/C25H22F3N3O2/c26-25(27,28)19-9-4-11-21(15-19)30-24(33)18-7-3-10-20(14-18)29-16-23(32)31-13-5-8-17-6-1-2-12-22(17)31/h1-4,6-7,9-12,14-15,29H,5,8,13,16H2,(H,30,33). The molecular formula is C25H22F3N3O2. The van der Waals surface area contributed by atoms with E-state index in [0.717, 1.165) is 36.2 Å². The van der Waals surface area contributed by atoms with Gasteiger partial charge in [0.05, 0.1) is 12.1 Å². The lowest BCUT2D eigenvalue weighted by Crippen LogP contribution is -2.39. The number of alkyl halides is 3. The van der Waals surface area contributed by atoms with Gasteiger partial charge in [-0.05, 0) is 60.9 Å². The van der Waals surface area contributed by atoms with E-state index < -0.39 is 17.6 Å². The quantitative estimate of drug-likeness (QED) is 0.548. The molecular weight excluding hydrogens is 431 g/mol. The number of carbonyl (C=O) groups excluding carboxylic acids is 2. The van der Waals surface area contributed by atoms with Gasteiger partial charge in [0.15, 0.2) is 0 Å². The van der Waals surface area contributed by atoms with Crippen LogP contribution >= 0.6 is 0 Å². The number of nitrogens with zero attached hydrogens (tertiary/aromatic N) is 1. The number of benzene rings is 3. The maximum absolute atomic E-state index is 12.9. The second-order valence-corrected chi connectivity index (χ2v) is 7.74. The Bertz CT molecular complexity index is 1180. The summed E-state index contributed by atoms with van der Waals surface area (Å²) in [5, 5.41) is 5.52. The van der Waals surface area contributed by atoms with Crippen molar-refractivity contribution in [3.63, 3.8) is 0 Å². The molecule has 0 saturated carbocycles. The normalized spacial score (nSPS) is 13.2.